The van der Waals surface area contributed by atoms with Gasteiger partial charge in [-0.05, 0) is 48.9 Å². The van der Waals surface area contributed by atoms with Gasteiger partial charge in [-0.2, -0.15) is 0 Å². The molecule has 0 aliphatic carbocycles. The van der Waals surface area contributed by atoms with E-state index in [0.717, 1.165) is 5.56 Å². The maximum atomic E-state index is 6.14. The number of aryl methyl sites for hydroxylation is 1. The highest BCUT2D eigenvalue weighted by molar-refractivity contribution is 7.99. The maximum Gasteiger partial charge on any atom is 0.0848 e. The van der Waals surface area contributed by atoms with Crippen molar-refractivity contribution in [1.82, 2.24) is 0 Å². The molecule has 0 saturated carbocycles. The van der Waals surface area contributed by atoms with Crippen molar-refractivity contribution in [1.29, 1.82) is 0 Å². The van der Waals surface area contributed by atoms with Crippen molar-refractivity contribution in [3.8, 4) is 0 Å². The fraction of sp³-hybridized carbons (Fsp3) is 0.0500. The number of benzene rings is 3. The average Bonchev–Trinajstić information content (AvgIpc) is 2.59. The van der Waals surface area contributed by atoms with E-state index < -0.39 is 0 Å². The van der Waals surface area contributed by atoms with Crippen LogP contribution >= 0.6 is 35.0 Å². The minimum Gasteiger partial charge on any atom is -0.255 e. The zero-order chi connectivity index (χ0) is 16.9. The lowest BCUT2D eigenvalue weighted by Crippen LogP contribution is -1.81. The van der Waals surface area contributed by atoms with E-state index in [1.807, 2.05) is 24.3 Å². The predicted octanol–water partition coefficient (Wildman–Crippen LogP) is 7.20. The van der Waals surface area contributed by atoms with E-state index in [0.29, 0.717) is 15.7 Å². The Kier molecular flexibility index (Phi) is 5.62. The molecule has 1 nitrogen and oxygen atoms in total. The van der Waals surface area contributed by atoms with E-state index in [1.54, 1.807) is 24.0 Å². The molecule has 4 heteroatoms. The minimum atomic E-state index is 0.474. The molecular formula is C20H15Cl2NS. The van der Waals surface area contributed by atoms with E-state index in [2.05, 4.69) is 48.3 Å². The number of rotatable bonds is 4. The van der Waals surface area contributed by atoms with Crippen LogP contribution in [0.5, 0.6) is 0 Å². The highest BCUT2D eigenvalue weighted by Crippen LogP contribution is 2.32. The van der Waals surface area contributed by atoms with Crippen LogP contribution in [0.25, 0.3) is 0 Å². The van der Waals surface area contributed by atoms with Crippen LogP contribution in [0, 0.1) is 6.92 Å². The second-order valence-corrected chi connectivity index (χ2v) is 7.25. The number of halogens is 2. The molecule has 0 bridgehead atoms. The third kappa shape index (κ3) is 4.41. The fourth-order valence-electron chi connectivity index (χ4n) is 2.10. The largest absolute Gasteiger partial charge is 0.255 e. The Morgan fingerprint density at radius 1 is 0.833 bits per heavy atom. The van der Waals surface area contributed by atoms with E-state index in [-0.39, 0.29) is 0 Å². The summed E-state index contributed by atoms with van der Waals surface area (Å²) in [5.74, 6) is 0. The summed E-state index contributed by atoms with van der Waals surface area (Å²) in [6.07, 6.45) is 1.79. The van der Waals surface area contributed by atoms with Gasteiger partial charge in [0, 0.05) is 16.0 Å². The van der Waals surface area contributed by atoms with E-state index in [4.69, 9.17) is 23.2 Å². The van der Waals surface area contributed by atoms with Gasteiger partial charge in [-0.25, -0.2) is 0 Å². The lowest BCUT2D eigenvalue weighted by molar-refractivity contribution is 1.36. The molecule has 0 unspecified atom stereocenters. The molecule has 0 saturated heterocycles. The van der Waals surface area contributed by atoms with Crippen LogP contribution in [0.1, 0.15) is 11.1 Å². The smallest absolute Gasteiger partial charge is 0.0848 e. The molecule has 0 N–H and O–H groups in total. The van der Waals surface area contributed by atoms with Crippen molar-refractivity contribution in [3.05, 3.63) is 87.9 Å². The first-order valence-corrected chi connectivity index (χ1v) is 9.02. The quantitative estimate of drug-likeness (QED) is 0.441. The van der Waals surface area contributed by atoms with E-state index in [9.17, 15) is 0 Å². The van der Waals surface area contributed by atoms with Crippen LogP contribution in [0.15, 0.2) is 81.5 Å². The lowest BCUT2D eigenvalue weighted by Gasteiger charge is -2.03. The van der Waals surface area contributed by atoms with Crippen molar-refractivity contribution >= 4 is 46.9 Å². The van der Waals surface area contributed by atoms with E-state index in [1.165, 1.54) is 15.4 Å². The molecule has 0 aliphatic heterocycles. The van der Waals surface area contributed by atoms with Crippen LogP contribution in [0.3, 0.4) is 0 Å². The highest BCUT2D eigenvalue weighted by Gasteiger charge is 2.02. The van der Waals surface area contributed by atoms with Crippen molar-refractivity contribution in [2.45, 2.75) is 16.7 Å². The van der Waals surface area contributed by atoms with Crippen molar-refractivity contribution in [3.63, 3.8) is 0 Å². The second kappa shape index (κ2) is 7.89. The van der Waals surface area contributed by atoms with Crippen molar-refractivity contribution in [2.24, 2.45) is 4.99 Å². The Hall–Kier alpha value is -1.74. The Morgan fingerprint density at radius 3 is 2.12 bits per heavy atom. The maximum absolute atomic E-state index is 6.14. The molecule has 0 fully saturated rings. The van der Waals surface area contributed by atoms with Crippen molar-refractivity contribution in [2.75, 3.05) is 0 Å². The Labute approximate surface area is 156 Å². The summed E-state index contributed by atoms with van der Waals surface area (Å²) in [6, 6.07) is 22.2. The molecular weight excluding hydrogens is 357 g/mol. The molecule has 3 rings (SSSR count). The third-order valence-corrected chi connectivity index (χ3v) is 5.25. The number of hydrogen-bond acceptors (Lipinski definition) is 2. The van der Waals surface area contributed by atoms with Gasteiger partial charge in [0.25, 0.3) is 0 Å². The summed E-state index contributed by atoms with van der Waals surface area (Å²) >= 11 is 13.9. The second-order valence-electron chi connectivity index (χ2n) is 5.32. The number of nitrogens with zero attached hydrogens (tertiary/aromatic N) is 1. The average molecular weight is 372 g/mol. The van der Waals surface area contributed by atoms with Gasteiger partial charge in [0.1, 0.15) is 0 Å². The predicted molar refractivity (Wildman–Crippen MR) is 105 cm³/mol. The third-order valence-electron chi connectivity index (χ3n) is 3.42. The van der Waals surface area contributed by atoms with Gasteiger partial charge in [0.2, 0.25) is 0 Å². The van der Waals surface area contributed by atoms with Gasteiger partial charge < -0.3 is 0 Å². The molecule has 0 radical (unpaired) electrons. The van der Waals surface area contributed by atoms with Crippen molar-refractivity contribution < 1.29 is 0 Å². The van der Waals surface area contributed by atoms with Crippen LogP contribution < -0.4 is 0 Å². The monoisotopic (exact) mass is 371 g/mol. The molecule has 0 atom stereocenters. The summed E-state index contributed by atoms with van der Waals surface area (Å²) in [4.78, 5) is 6.83. The van der Waals surface area contributed by atoms with Gasteiger partial charge in [0.15, 0.2) is 0 Å². The zero-order valence-corrected chi connectivity index (χ0v) is 15.4. The van der Waals surface area contributed by atoms with Gasteiger partial charge in [-0.15, -0.1) is 0 Å². The summed E-state index contributed by atoms with van der Waals surface area (Å²) in [6.45, 7) is 2.09. The van der Waals surface area contributed by atoms with Crippen LogP contribution in [0.2, 0.25) is 10.0 Å². The Bertz CT molecular complexity index is 856. The number of aliphatic imine (C=N–C) groups is 1. The lowest BCUT2D eigenvalue weighted by atomic mass is 10.2. The molecule has 0 aliphatic rings. The van der Waals surface area contributed by atoms with Gasteiger partial charge in [0.05, 0.1) is 15.7 Å². The standard InChI is InChI=1S/C20H15Cl2NS/c1-14-5-9-16(10-6-14)24-17-11-7-15(8-12-17)13-23-19-4-2-3-18(21)20(19)22/h2-13H,1H3. The van der Waals surface area contributed by atoms with Gasteiger partial charge in [-0.3, -0.25) is 4.99 Å². The normalized spacial score (nSPS) is 11.1. The fourth-order valence-corrected chi connectivity index (χ4v) is 3.26. The minimum absolute atomic E-state index is 0.474. The molecule has 3 aromatic carbocycles. The Balaban J connectivity index is 1.71. The first kappa shape index (κ1) is 17.1. The molecule has 0 spiro atoms. The van der Waals surface area contributed by atoms with Crippen LogP contribution in [-0.2, 0) is 0 Å². The molecule has 0 heterocycles. The van der Waals surface area contributed by atoms with Crippen LogP contribution in [-0.4, -0.2) is 6.21 Å². The molecule has 120 valence electrons. The first-order chi connectivity index (χ1) is 11.6. The first-order valence-electron chi connectivity index (χ1n) is 7.44. The topological polar surface area (TPSA) is 12.4 Å². The zero-order valence-electron chi connectivity index (χ0n) is 13.0. The molecule has 0 amide bonds. The number of hydrogen-bond donors (Lipinski definition) is 0. The summed E-state index contributed by atoms with van der Waals surface area (Å²) in [5.41, 5.74) is 2.95. The summed E-state index contributed by atoms with van der Waals surface area (Å²) in [7, 11) is 0. The van der Waals surface area contributed by atoms with Gasteiger partial charge in [-0.1, -0.05) is 70.9 Å². The summed E-state index contributed by atoms with van der Waals surface area (Å²) < 4.78 is 0. The Morgan fingerprint density at radius 2 is 1.46 bits per heavy atom. The molecule has 24 heavy (non-hydrogen) atoms. The van der Waals surface area contributed by atoms with E-state index >= 15 is 0 Å². The summed E-state index contributed by atoms with van der Waals surface area (Å²) in [5, 5.41) is 0.984. The highest BCUT2D eigenvalue weighted by atomic mass is 35.5. The molecule has 3 aromatic rings. The van der Waals surface area contributed by atoms with Crippen LogP contribution in [0.4, 0.5) is 5.69 Å². The molecule has 0 aromatic heterocycles. The van der Waals surface area contributed by atoms with Gasteiger partial charge >= 0.3 is 0 Å². The SMILES string of the molecule is Cc1ccc(Sc2ccc(C=Nc3cccc(Cl)c3Cl)cc2)cc1.